The van der Waals surface area contributed by atoms with E-state index >= 15 is 0 Å². The molecule has 1 aliphatic rings. The molecule has 0 radical (unpaired) electrons. The number of carbonyl (C=O) groups excluding carboxylic acids is 4. The van der Waals surface area contributed by atoms with Gasteiger partial charge in [-0.15, -0.1) is 0 Å². The number of ether oxygens (including phenoxy) is 1. The number of carbonyl (C=O) groups is 4. The maximum Gasteiger partial charge on any atom is 0.338 e. The molecule has 0 bridgehead atoms. The molecular weight excluding hydrogens is 487 g/mol. The molecule has 4 rings (SSSR count). The first-order valence-corrected chi connectivity index (χ1v) is 11.6. The molecule has 0 spiro atoms. The quantitative estimate of drug-likeness (QED) is 0.343. The third-order valence-electron chi connectivity index (χ3n) is 5.79. The van der Waals surface area contributed by atoms with Crippen LogP contribution < -0.4 is 4.90 Å². The summed E-state index contributed by atoms with van der Waals surface area (Å²) in [5.74, 6) is -2.65. The highest BCUT2D eigenvalue weighted by molar-refractivity contribution is 6.31. The van der Waals surface area contributed by atoms with Gasteiger partial charge in [-0.1, -0.05) is 29.8 Å². The first-order chi connectivity index (χ1) is 17.3. The van der Waals surface area contributed by atoms with Crippen LogP contribution in [0.5, 0.6) is 0 Å². The number of rotatable bonds is 7. The molecule has 0 aromatic heterocycles. The number of esters is 1. The smallest absolute Gasteiger partial charge is 0.338 e. The lowest BCUT2D eigenvalue weighted by molar-refractivity contribution is -0.122. The molecule has 1 heterocycles. The molecule has 1 fully saturated rings. The van der Waals surface area contributed by atoms with Crippen molar-refractivity contribution in [2.45, 2.75) is 25.9 Å². The van der Waals surface area contributed by atoms with E-state index in [2.05, 4.69) is 0 Å². The average molecular weight is 509 g/mol. The van der Waals surface area contributed by atoms with Crippen LogP contribution in [0.2, 0.25) is 5.02 Å². The van der Waals surface area contributed by atoms with Crippen LogP contribution in [-0.2, 0) is 20.9 Å². The standard InChI is InChI=1S/C27H22ClFN2O5/c1-2-36-27(35)18-9-13-21(14-10-18)31-24(32)15-23(26(31)34)30(16-19-5-3-4-6-22(19)28)25(33)17-7-11-20(29)12-8-17/h3-14,23H,2,15-16H2,1H3. The van der Waals surface area contributed by atoms with Crippen LogP contribution in [0.1, 0.15) is 39.6 Å². The number of hydrogen-bond acceptors (Lipinski definition) is 5. The normalized spacial score (nSPS) is 15.2. The Labute approximate surface area is 212 Å². The molecule has 1 aliphatic heterocycles. The summed E-state index contributed by atoms with van der Waals surface area (Å²) in [5, 5.41) is 0.401. The molecule has 3 aromatic carbocycles. The SMILES string of the molecule is CCOC(=O)c1ccc(N2C(=O)CC(N(Cc3ccccc3Cl)C(=O)c3ccc(F)cc3)C2=O)cc1. The second-order valence-corrected chi connectivity index (χ2v) is 8.49. The van der Waals surface area contributed by atoms with Crippen LogP contribution in [-0.4, -0.2) is 41.2 Å². The third kappa shape index (κ3) is 5.13. The lowest BCUT2D eigenvalue weighted by Gasteiger charge is -2.28. The van der Waals surface area contributed by atoms with E-state index in [0.29, 0.717) is 10.6 Å². The molecule has 1 atom stereocenters. The summed E-state index contributed by atoms with van der Waals surface area (Å²) in [7, 11) is 0. The van der Waals surface area contributed by atoms with Crippen molar-refractivity contribution in [3.05, 3.63) is 100 Å². The van der Waals surface area contributed by atoms with Crippen LogP contribution in [0.3, 0.4) is 0 Å². The number of halogens is 2. The zero-order valence-corrected chi connectivity index (χ0v) is 20.1. The Morgan fingerprint density at radius 2 is 1.64 bits per heavy atom. The highest BCUT2D eigenvalue weighted by Crippen LogP contribution is 2.29. The minimum atomic E-state index is -1.10. The van der Waals surface area contributed by atoms with E-state index in [0.717, 1.165) is 17.0 Å². The maximum absolute atomic E-state index is 13.5. The van der Waals surface area contributed by atoms with Crippen molar-refractivity contribution >= 4 is 41.0 Å². The Kier molecular flexibility index (Phi) is 7.45. The number of hydrogen-bond donors (Lipinski definition) is 0. The Morgan fingerprint density at radius 1 is 1.00 bits per heavy atom. The van der Waals surface area contributed by atoms with Gasteiger partial charge in [0.25, 0.3) is 11.8 Å². The largest absolute Gasteiger partial charge is 0.462 e. The molecule has 184 valence electrons. The maximum atomic E-state index is 13.5. The van der Waals surface area contributed by atoms with Crippen molar-refractivity contribution in [2.24, 2.45) is 0 Å². The van der Waals surface area contributed by atoms with Crippen molar-refractivity contribution in [1.29, 1.82) is 0 Å². The van der Waals surface area contributed by atoms with Gasteiger partial charge in [0.05, 0.1) is 24.3 Å². The highest BCUT2D eigenvalue weighted by Gasteiger charge is 2.44. The molecule has 3 amide bonds. The molecule has 9 heteroatoms. The van der Waals surface area contributed by atoms with Gasteiger partial charge < -0.3 is 9.64 Å². The molecule has 0 N–H and O–H groups in total. The van der Waals surface area contributed by atoms with E-state index in [4.69, 9.17) is 16.3 Å². The molecule has 1 saturated heterocycles. The van der Waals surface area contributed by atoms with Gasteiger partial charge in [-0.25, -0.2) is 14.1 Å². The van der Waals surface area contributed by atoms with E-state index in [1.807, 2.05) is 0 Å². The second-order valence-electron chi connectivity index (χ2n) is 8.09. The number of anilines is 1. The van der Waals surface area contributed by atoms with E-state index in [1.54, 1.807) is 31.2 Å². The van der Waals surface area contributed by atoms with Crippen LogP contribution in [0, 0.1) is 5.82 Å². The fourth-order valence-corrected chi connectivity index (χ4v) is 4.18. The summed E-state index contributed by atoms with van der Waals surface area (Å²) in [5.41, 5.74) is 1.31. The summed E-state index contributed by atoms with van der Waals surface area (Å²) in [6.07, 6.45) is -0.240. The first kappa shape index (κ1) is 25.1. The number of nitrogens with zero attached hydrogens (tertiary/aromatic N) is 2. The zero-order valence-electron chi connectivity index (χ0n) is 19.3. The van der Waals surface area contributed by atoms with Gasteiger partial charge in [0.15, 0.2) is 0 Å². The van der Waals surface area contributed by atoms with Crippen LogP contribution in [0.4, 0.5) is 10.1 Å². The van der Waals surface area contributed by atoms with Gasteiger partial charge in [0.1, 0.15) is 11.9 Å². The Balaban J connectivity index is 1.65. The Bertz CT molecular complexity index is 1310. The van der Waals surface area contributed by atoms with Gasteiger partial charge >= 0.3 is 5.97 Å². The van der Waals surface area contributed by atoms with E-state index in [1.165, 1.54) is 41.3 Å². The van der Waals surface area contributed by atoms with Gasteiger partial charge in [-0.3, -0.25) is 14.4 Å². The summed E-state index contributed by atoms with van der Waals surface area (Å²) in [6.45, 7) is 1.87. The molecule has 36 heavy (non-hydrogen) atoms. The monoisotopic (exact) mass is 508 g/mol. The highest BCUT2D eigenvalue weighted by atomic mass is 35.5. The Hall–Kier alpha value is -4.04. The van der Waals surface area contributed by atoms with Crippen molar-refractivity contribution < 1.29 is 28.3 Å². The number of imide groups is 1. The Morgan fingerprint density at radius 3 is 2.28 bits per heavy atom. The van der Waals surface area contributed by atoms with Crippen molar-refractivity contribution in [2.75, 3.05) is 11.5 Å². The fourth-order valence-electron chi connectivity index (χ4n) is 3.98. The molecular formula is C27H22ClFN2O5. The van der Waals surface area contributed by atoms with Crippen LogP contribution >= 0.6 is 11.6 Å². The van der Waals surface area contributed by atoms with Crippen molar-refractivity contribution in [1.82, 2.24) is 4.90 Å². The molecule has 7 nitrogen and oxygen atoms in total. The molecule has 0 aliphatic carbocycles. The fraction of sp³-hybridized carbons (Fsp3) is 0.185. The second kappa shape index (κ2) is 10.7. The third-order valence-corrected chi connectivity index (χ3v) is 6.15. The number of amides is 3. The van der Waals surface area contributed by atoms with Crippen LogP contribution in [0.15, 0.2) is 72.8 Å². The van der Waals surface area contributed by atoms with Gasteiger partial charge in [-0.05, 0) is 67.1 Å². The lowest BCUT2D eigenvalue weighted by Crippen LogP contribution is -2.45. The molecule has 3 aromatic rings. The van der Waals surface area contributed by atoms with E-state index in [9.17, 15) is 23.6 Å². The first-order valence-electron chi connectivity index (χ1n) is 11.2. The summed E-state index contributed by atoms with van der Waals surface area (Å²) in [4.78, 5) is 54.1. The van der Waals surface area contributed by atoms with Gasteiger partial charge in [0, 0.05) is 17.1 Å². The predicted molar refractivity (Wildman–Crippen MR) is 131 cm³/mol. The summed E-state index contributed by atoms with van der Waals surface area (Å²) >= 11 is 6.31. The van der Waals surface area contributed by atoms with Crippen molar-refractivity contribution in [3.63, 3.8) is 0 Å². The average Bonchev–Trinajstić information content (AvgIpc) is 3.17. The van der Waals surface area contributed by atoms with Gasteiger partial charge in [0.2, 0.25) is 5.91 Å². The van der Waals surface area contributed by atoms with Crippen LogP contribution in [0.25, 0.3) is 0 Å². The topological polar surface area (TPSA) is 84.0 Å². The summed E-state index contributed by atoms with van der Waals surface area (Å²) in [6, 6.07) is 16.6. The van der Waals surface area contributed by atoms with Crippen molar-refractivity contribution in [3.8, 4) is 0 Å². The molecule has 1 unspecified atom stereocenters. The minimum absolute atomic E-state index is 0.0325. The minimum Gasteiger partial charge on any atom is -0.462 e. The lowest BCUT2D eigenvalue weighted by atomic mass is 10.1. The number of benzene rings is 3. The van der Waals surface area contributed by atoms with Gasteiger partial charge in [-0.2, -0.15) is 0 Å². The predicted octanol–water partition coefficient (Wildman–Crippen LogP) is 4.63. The summed E-state index contributed by atoms with van der Waals surface area (Å²) < 4.78 is 18.4. The molecule has 0 saturated carbocycles. The zero-order chi connectivity index (χ0) is 25.8. The van der Waals surface area contributed by atoms with E-state index < -0.39 is 35.5 Å². The van der Waals surface area contributed by atoms with E-state index in [-0.39, 0.29) is 36.4 Å².